The highest BCUT2D eigenvalue weighted by Gasteiger charge is 2.12. The summed E-state index contributed by atoms with van der Waals surface area (Å²) >= 11 is 5.74. The van der Waals surface area contributed by atoms with Crippen molar-refractivity contribution in [1.29, 1.82) is 0 Å². The van der Waals surface area contributed by atoms with Gasteiger partial charge in [-0.05, 0) is 31.0 Å². The third-order valence-electron chi connectivity index (χ3n) is 2.55. The Morgan fingerprint density at radius 3 is 2.94 bits per heavy atom. The molecule has 1 atom stereocenters. The Bertz CT molecular complexity index is 398. The second-order valence-corrected chi connectivity index (χ2v) is 4.38. The molecule has 0 aliphatic heterocycles. The topological polar surface area (TPSA) is 12.0 Å². The van der Waals surface area contributed by atoms with Gasteiger partial charge in [0.25, 0.3) is 0 Å². The molecule has 0 saturated heterocycles. The van der Waals surface area contributed by atoms with Crippen LogP contribution in [0.5, 0.6) is 0 Å². The number of hydrogen-bond donors (Lipinski definition) is 1. The van der Waals surface area contributed by atoms with Gasteiger partial charge in [0.05, 0.1) is 5.02 Å². The first-order valence-corrected chi connectivity index (χ1v) is 6.16. The summed E-state index contributed by atoms with van der Waals surface area (Å²) in [4.78, 5) is 0. The van der Waals surface area contributed by atoms with E-state index in [-0.39, 0.29) is 16.9 Å². The summed E-state index contributed by atoms with van der Waals surface area (Å²) in [7, 11) is 0. The van der Waals surface area contributed by atoms with Gasteiger partial charge in [0.2, 0.25) is 0 Å². The van der Waals surface area contributed by atoms with Crippen LogP contribution in [0, 0.1) is 18.2 Å². The minimum absolute atomic E-state index is 0.105. The zero-order valence-electron chi connectivity index (χ0n) is 9.97. The Kier molecular flexibility index (Phi) is 6.04. The van der Waals surface area contributed by atoms with Crippen molar-refractivity contribution in [3.63, 3.8) is 0 Å². The molecule has 1 aromatic rings. The van der Waals surface area contributed by atoms with E-state index in [2.05, 4.69) is 18.2 Å². The van der Waals surface area contributed by atoms with E-state index in [9.17, 15) is 4.39 Å². The second-order valence-electron chi connectivity index (χ2n) is 3.98. The van der Waals surface area contributed by atoms with E-state index in [4.69, 9.17) is 18.0 Å². The van der Waals surface area contributed by atoms with E-state index < -0.39 is 0 Å². The highest BCUT2D eigenvalue weighted by atomic mass is 35.5. The number of hydrogen-bond acceptors (Lipinski definition) is 1. The molecule has 1 aromatic carbocycles. The first-order valence-electron chi connectivity index (χ1n) is 5.78. The van der Waals surface area contributed by atoms with Crippen molar-refractivity contribution in [1.82, 2.24) is 5.32 Å². The van der Waals surface area contributed by atoms with Crippen LogP contribution < -0.4 is 5.32 Å². The molecule has 1 rings (SSSR count). The molecule has 0 saturated carbocycles. The predicted octanol–water partition coefficient (Wildman–Crippen LogP) is 3.41. The Balaban J connectivity index is 2.72. The number of benzene rings is 1. The van der Waals surface area contributed by atoms with Gasteiger partial charge < -0.3 is 5.32 Å². The summed E-state index contributed by atoms with van der Waals surface area (Å²) in [5.41, 5.74) is 0.612. The summed E-state index contributed by atoms with van der Waals surface area (Å²) in [5.74, 6) is 2.27. The van der Waals surface area contributed by atoms with Crippen LogP contribution in [0.4, 0.5) is 4.39 Å². The third kappa shape index (κ3) is 4.38. The van der Waals surface area contributed by atoms with Gasteiger partial charge in [0.15, 0.2) is 0 Å². The van der Waals surface area contributed by atoms with Gasteiger partial charge in [-0.15, -0.1) is 12.3 Å². The number of nitrogens with one attached hydrogen (secondary N) is 1. The molecule has 0 aromatic heterocycles. The summed E-state index contributed by atoms with van der Waals surface area (Å²) in [6.07, 6.45) is 7.50. The quantitative estimate of drug-likeness (QED) is 0.766. The fourth-order valence-electron chi connectivity index (χ4n) is 1.68. The molecule has 0 spiro atoms. The lowest BCUT2D eigenvalue weighted by atomic mass is 10.0. The van der Waals surface area contributed by atoms with Crippen molar-refractivity contribution in [2.45, 2.75) is 32.2 Å². The lowest BCUT2D eigenvalue weighted by Crippen LogP contribution is -2.31. The molecule has 0 radical (unpaired) electrons. The van der Waals surface area contributed by atoms with Crippen molar-refractivity contribution in [2.24, 2.45) is 0 Å². The second kappa shape index (κ2) is 7.32. The monoisotopic (exact) mass is 253 g/mol. The molecule has 17 heavy (non-hydrogen) atoms. The minimum atomic E-state index is -0.338. The average Bonchev–Trinajstić information content (AvgIpc) is 2.32. The lowest BCUT2D eigenvalue weighted by molar-refractivity contribution is 0.503. The first-order chi connectivity index (χ1) is 8.19. The summed E-state index contributed by atoms with van der Waals surface area (Å²) in [5, 5.41) is 3.48. The van der Waals surface area contributed by atoms with E-state index in [0.29, 0.717) is 18.4 Å². The van der Waals surface area contributed by atoms with Gasteiger partial charge in [0.1, 0.15) is 5.82 Å². The Labute approximate surface area is 107 Å². The molecule has 3 heteroatoms. The van der Waals surface area contributed by atoms with E-state index in [1.54, 1.807) is 18.2 Å². The summed E-state index contributed by atoms with van der Waals surface area (Å²) in [6.45, 7) is 2.97. The van der Waals surface area contributed by atoms with Gasteiger partial charge in [-0.2, -0.15) is 0 Å². The van der Waals surface area contributed by atoms with Crippen molar-refractivity contribution in [2.75, 3.05) is 6.54 Å². The standard InChI is InChI=1S/C14H17ClFN/c1-3-6-12(17-9-4-2)10-11-7-5-8-13(15)14(11)16/h1,5,7-8,12,17H,4,6,9-10H2,2H3. The van der Waals surface area contributed by atoms with Crippen LogP contribution in [0.15, 0.2) is 18.2 Å². The fourth-order valence-corrected chi connectivity index (χ4v) is 1.87. The van der Waals surface area contributed by atoms with Crippen LogP contribution in [0.3, 0.4) is 0 Å². The minimum Gasteiger partial charge on any atom is -0.313 e. The zero-order valence-corrected chi connectivity index (χ0v) is 10.7. The Hall–Kier alpha value is -1.04. The van der Waals surface area contributed by atoms with Crippen LogP contribution >= 0.6 is 11.6 Å². The van der Waals surface area contributed by atoms with E-state index >= 15 is 0 Å². The van der Waals surface area contributed by atoms with Gasteiger partial charge in [-0.25, -0.2) is 4.39 Å². The molecule has 1 nitrogen and oxygen atoms in total. The molecule has 0 aliphatic rings. The van der Waals surface area contributed by atoms with Crippen LogP contribution in [0.1, 0.15) is 25.3 Å². The highest BCUT2D eigenvalue weighted by Crippen LogP contribution is 2.19. The maximum Gasteiger partial charge on any atom is 0.145 e. The van der Waals surface area contributed by atoms with Crippen LogP contribution in [-0.4, -0.2) is 12.6 Å². The molecular formula is C14H17ClFN. The SMILES string of the molecule is C#CCC(Cc1cccc(Cl)c1F)NCCC. The molecular weight excluding hydrogens is 237 g/mol. The van der Waals surface area contributed by atoms with E-state index in [1.807, 2.05) is 0 Å². The van der Waals surface area contributed by atoms with Gasteiger partial charge in [-0.3, -0.25) is 0 Å². The van der Waals surface area contributed by atoms with Crippen molar-refractivity contribution >= 4 is 11.6 Å². The zero-order chi connectivity index (χ0) is 12.7. The Morgan fingerprint density at radius 2 is 2.29 bits per heavy atom. The Morgan fingerprint density at radius 1 is 1.53 bits per heavy atom. The maximum atomic E-state index is 13.7. The van der Waals surface area contributed by atoms with Crippen molar-refractivity contribution < 1.29 is 4.39 Å². The molecule has 0 heterocycles. The molecule has 0 amide bonds. The smallest absolute Gasteiger partial charge is 0.145 e. The van der Waals surface area contributed by atoms with Crippen LogP contribution in [0.2, 0.25) is 5.02 Å². The fraction of sp³-hybridized carbons (Fsp3) is 0.429. The molecule has 1 N–H and O–H groups in total. The van der Waals surface area contributed by atoms with Gasteiger partial charge in [0, 0.05) is 12.5 Å². The van der Waals surface area contributed by atoms with Gasteiger partial charge in [-0.1, -0.05) is 30.7 Å². The molecule has 0 aliphatic carbocycles. The van der Waals surface area contributed by atoms with Gasteiger partial charge >= 0.3 is 0 Å². The van der Waals surface area contributed by atoms with E-state index in [1.165, 1.54) is 0 Å². The number of terminal acetylenes is 1. The molecule has 1 unspecified atom stereocenters. The average molecular weight is 254 g/mol. The molecule has 0 fully saturated rings. The number of rotatable bonds is 6. The van der Waals surface area contributed by atoms with Crippen molar-refractivity contribution in [3.8, 4) is 12.3 Å². The largest absolute Gasteiger partial charge is 0.313 e. The highest BCUT2D eigenvalue weighted by molar-refractivity contribution is 6.30. The predicted molar refractivity (Wildman–Crippen MR) is 70.6 cm³/mol. The van der Waals surface area contributed by atoms with E-state index in [0.717, 1.165) is 13.0 Å². The molecule has 92 valence electrons. The van der Waals surface area contributed by atoms with Crippen LogP contribution in [-0.2, 0) is 6.42 Å². The van der Waals surface area contributed by atoms with Crippen LogP contribution in [0.25, 0.3) is 0 Å². The first kappa shape index (κ1) is 14.0. The lowest BCUT2D eigenvalue weighted by Gasteiger charge is -2.16. The summed E-state index contributed by atoms with van der Waals surface area (Å²) < 4.78 is 13.7. The normalized spacial score (nSPS) is 12.1. The number of halogens is 2. The van der Waals surface area contributed by atoms with Crippen molar-refractivity contribution in [3.05, 3.63) is 34.6 Å². The maximum absolute atomic E-state index is 13.7. The molecule has 0 bridgehead atoms. The summed E-state index contributed by atoms with van der Waals surface area (Å²) in [6, 6.07) is 5.16. The third-order valence-corrected chi connectivity index (χ3v) is 2.84.